The molecule has 0 aromatic heterocycles. The first-order chi connectivity index (χ1) is 14.7. The van der Waals surface area contributed by atoms with Crippen molar-refractivity contribution in [2.24, 2.45) is 0 Å². The van der Waals surface area contributed by atoms with Gasteiger partial charge in [0.05, 0.1) is 14.2 Å². The molecule has 3 rings (SSSR count). The molecule has 0 aliphatic carbocycles. The monoisotopic (exact) mass is 400 g/mol. The molecule has 0 amide bonds. The summed E-state index contributed by atoms with van der Waals surface area (Å²) in [5, 5.41) is 0. The predicted octanol–water partition coefficient (Wildman–Crippen LogP) is 5.74. The van der Waals surface area contributed by atoms with Crippen molar-refractivity contribution < 1.29 is 19.0 Å². The largest absolute Gasteiger partial charge is 0.496 e. The van der Waals surface area contributed by atoms with Crippen molar-refractivity contribution in [3.05, 3.63) is 108 Å². The number of benzene rings is 3. The number of carbonyl (C=O) groups is 1. The van der Waals surface area contributed by atoms with Crippen molar-refractivity contribution in [1.82, 2.24) is 0 Å². The Labute approximate surface area is 177 Å². The number of hydrogen-bond donors (Lipinski definition) is 0. The van der Waals surface area contributed by atoms with Crippen LogP contribution in [0.5, 0.6) is 17.2 Å². The third kappa shape index (κ3) is 5.61. The van der Waals surface area contributed by atoms with Gasteiger partial charge in [-0.2, -0.15) is 0 Å². The molecule has 30 heavy (non-hydrogen) atoms. The van der Waals surface area contributed by atoms with Crippen LogP contribution in [0.2, 0.25) is 0 Å². The van der Waals surface area contributed by atoms with Crippen molar-refractivity contribution in [3.8, 4) is 17.2 Å². The fourth-order valence-electron chi connectivity index (χ4n) is 2.89. The van der Waals surface area contributed by atoms with Crippen molar-refractivity contribution in [1.29, 1.82) is 0 Å². The molecular formula is C26H24O4. The zero-order chi connectivity index (χ0) is 21.2. The minimum Gasteiger partial charge on any atom is -0.496 e. The standard InChI is InChI=1S/C26H24O4/c1-28-22-17-24(29-2)26(25(18-22)30-19-21-14-7-4-8-15-21)23(27)16-10-9-13-20-11-5-3-6-12-20/h3-18H,19H2,1-2H3/b13-9+,16-10+. The van der Waals surface area contributed by atoms with Crippen LogP contribution in [0.25, 0.3) is 6.08 Å². The maximum absolute atomic E-state index is 12.9. The third-order valence-electron chi connectivity index (χ3n) is 4.43. The van der Waals surface area contributed by atoms with Gasteiger partial charge in [0, 0.05) is 12.1 Å². The summed E-state index contributed by atoms with van der Waals surface area (Å²) < 4.78 is 16.7. The van der Waals surface area contributed by atoms with Gasteiger partial charge < -0.3 is 14.2 Å². The van der Waals surface area contributed by atoms with E-state index in [4.69, 9.17) is 14.2 Å². The Morgan fingerprint density at radius 1 is 0.833 bits per heavy atom. The van der Waals surface area contributed by atoms with Crippen LogP contribution in [0.1, 0.15) is 21.5 Å². The highest BCUT2D eigenvalue weighted by atomic mass is 16.5. The number of rotatable bonds is 9. The molecule has 152 valence electrons. The van der Waals surface area contributed by atoms with Crippen LogP contribution in [0.15, 0.2) is 91.0 Å². The van der Waals surface area contributed by atoms with E-state index >= 15 is 0 Å². The lowest BCUT2D eigenvalue weighted by atomic mass is 10.1. The highest BCUT2D eigenvalue weighted by Gasteiger charge is 2.19. The van der Waals surface area contributed by atoms with Crippen LogP contribution < -0.4 is 14.2 Å². The highest BCUT2D eigenvalue weighted by molar-refractivity contribution is 6.09. The second-order valence-electron chi connectivity index (χ2n) is 6.47. The second kappa shape index (κ2) is 10.7. The first-order valence-electron chi connectivity index (χ1n) is 9.58. The Kier molecular flexibility index (Phi) is 7.45. The molecule has 4 nitrogen and oxygen atoms in total. The quantitative estimate of drug-likeness (QED) is 0.261. The summed E-state index contributed by atoms with van der Waals surface area (Å²) in [5.74, 6) is 1.16. The van der Waals surface area contributed by atoms with Crippen molar-refractivity contribution in [2.45, 2.75) is 6.61 Å². The Morgan fingerprint density at radius 2 is 1.50 bits per heavy atom. The summed E-state index contributed by atoms with van der Waals surface area (Å²) in [4.78, 5) is 12.9. The van der Waals surface area contributed by atoms with Gasteiger partial charge in [0.2, 0.25) is 0 Å². The van der Waals surface area contributed by atoms with Crippen molar-refractivity contribution >= 4 is 11.9 Å². The van der Waals surface area contributed by atoms with Gasteiger partial charge in [0.15, 0.2) is 5.78 Å². The number of methoxy groups -OCH3 is 2. The number of hydrogen-bond acceptors (Lipinski definition) is 4. The lowest BCUT2D eigenvalue weighted by molar-refractivity contribution is 0.103. The number of ketones is 1. The van der Waals surface area contributed by atoms with Gasteiger partial charge in [-0.15, -0.1) is 0 Å². The maximum atomic E-state index is 12.9. The first-order valence-corrected chi connectivity index (χ1v) is 9.58. The summed E-state index contributed by atoms with van der Waals surface area (Å²) in [6.07, 6.45) is 6.97. The van der Waals surface area contributed by atoms with E-state index in [9.17, 15) is 4.79 Å². The normalized spacial score (nSPS) is 11.0. The Morgan fingerprint density at radius 3 is 2.17 bits per heavy atom. The van der Waals surface area contributed by atoms with E-state index in [1.807, 2.05) is 72.8 Å². The minimum atomic E-state index is -0.213. The number of allylic oxidation sites excluding steroid dienone is 3. The summed E-state index contributed by atoms with van der Waals surface area (Å²) in [6, 6.07) is 23.0. The zero-order valence-electron chi connectivity index (χ0n) is 17.1. The van der Waals surface area contributed by atoms with Gasteiger partial charge in [0.1, 0.15) is 29.4 Å². The Balaban J connectivity index is 1.84. The third-order valence-corrected chi connectivity index (χ3v) is 4.43. The molecule has 4 heteroatoms. The van der Waals surface area contributed by atoms with E-state index in [-0.39, 0.29) is 5.78 Å². The lowest BCUT2D eigenvalue weighted by Crippen LogP contribution is -2.05. The summed E-state index contributed by atoms with van der Waals surface area (Å²) in [5.41, 5.74) is 2.42. The van der Waals surface area contributed by atoms with Crippen LogP contribution >= 0.6 is 0 Å². The molecule has 0 aliphatic rings. The molecular weight excluding hydrogens is 376 g/mol. The topological polar surface area (TPSA) is 44.8 Å². The van der Waals surface area contributed by atoms with Crippen LogP contribution in [-0.4, -0.2) is 20.0 Å². The van der Waals surface area contributed by atoms with Gasteiger partial charge >= 0.3 is 0 Å². The lowest BCUT2D eigenvalue weighted by Gasteiger charge is -2.15. The molecule has 0 N–H and O–H groups in total. The van der Waals surface area contributed by atoms with Gasteiger partial charge in [-0.1, -0.05) is 78.9 Å². The first kappa shape index (κ1) is 20.9. The molecule has 3 aromatic rings. The Hall–Kier alpha value is -3.79. The number of carbonyl (C=O) groups excluding carboxylic acids is 1. The van der Waals surface area contributed by atoms with E-state index in [2.05, 4.69) is 0 Å². The summed E-state index contributed by atoms with van der Waals surface area (Å²) in [6.45, 7) is 0.328. The molecule has 0 saturated carbocycles. The van der Waals surface area contributed by atoms with Crippen LogP contribution in [0, 0.1) is 0 Å². The smallest absolute Gasteiger partial charge is 0.193 e. The second-order valence-corrected chi connectivity index (χ2v) is 6.47. The van der Waals surface area contributed by atoms with Crippen LogP contribution in [0.4, 0.5) is 0 Å². The van der Waals surface area contributed by atoms with Gasteiger partial charge in [-0.25, -0.2) is 0 Å². The Bertz CT molecular complexity index is 1020. The van der Waals surface area contributed by atoms with Gasteiger partial charge in [-0.05, 0) is 17.2 Å². The predicted molar refractivity (Wildman–Crippen MR) is 119 cm³/mol. The molecule has 0 heterocycles. The van der Waals surface area contributed by atoms with E-state index < -0.39 is 0 Å². The molecule has 0 bridgehead atoms. The van der Waals surface area contributed by atoms with E-state index in [0.29, 0.717) is 29.4 Å². The molecule has 0 saturated heterocycles. The molecule has 3 aromatic carbocycles. The van der Waals surface area contributed by atoms with Crippen LogP contribution in [0.3, 0.4) is 0 Å². The minimum absolute atomic E-state index is 0.213. The van der Waals surface area contributed by atoms with E-state index in [1.54, 1.807) is 25.3 Å². The zero-order valence-corrected chi connectivity index (χ0v) is 17.1. The summed E-state index contributed by atoms with van der Waals surface area (Å²) in [7, 11) is 3.08. The van der Waals surface area contributed by atoms with E-state index in [1.165, 1.54) is 13.2 Å². The average molecular weight is 400 g/mol. The summed E-state index contributed by atoms with van der Waals surface area (Å²) >= 11 is 0. The molecule has 0 unspecified atom stereocenters. The molecule has 0 spiro atoms. The van der Waals surface area contributed by atoms with Crippen molar-refractivity contribution in [3.63, 3.8) is 0 Å². The average Bonchev–Trinajstić information content (AvgIpc) is 2.81. The van der Waals surface area contributed by atoms with Gasteiger partial charge in [-0.3, -0.25) is 4.79 Å². The molecule has 0 atom stereocenters. The fraction of sp³-hybridized carbons (Fsp3) is 0.115. The molecule has 0 aliphatic heterocycles. The van der Waals surface area contributed by atoms with Crippen LogP contribution in [-0.2, 0) is 6.61 Å². The number of ether oxygens (including phenoxy) is 3. The highest BCUT2D eigenvalue weighted by Crippen LogP contribution is 2.35. The van der Waals surface area contributed by atoms with E-state index in [0.717, 1.165) is 11.1 Å². The molecule has 0 radical (unpaired) electrons. The fourth-order valence-corrected chi connectivity index (χ4v) is 2.89. The molecule has 0 fully saturated rings. The SMILES string of the molecule is COc1cc(OC)c(C(=O)/C=C/C=C/c2ccccc2)c(OCc2ccccc2)c1. The van der Waals surface area contributed by atoms with Gasteiger partial charge in [0.25, 0.3) is 0 Å². The van der Waals surface area contributed by atoms with Crippen molar-refractivity contribution in [2.75, 3.05) is 14.2 Å². The maximum Gasteiger partial charge on any atom is 0.193 e.